The number of carbonyl (C=O) groups is 1. The standard InChI is InChI=1S/C23H10F4N2O.Pt/c24-13-7-8-14(17(25)10-13)23(30)22-6-3-5-21(29-22)16-11-15(18(26)12-19(16)27)20-4-1-2-9-28-20;/h1-7,9-10,12H;/q-2;+2. The molecular formula is C23H10F4N2OPt. The van der Waals surface area contributed by atoms with Gasteiger partial charge >= 0.3 is 21.1 Å². The molecule has 0 fully saturated rings. The zero-order valence-corrected chi connectivity index (χ0v) is 17.7. The van der Waals surface area contributed by atoms with E-state index in [1.165, 1.54) is 30.5 Å². The fourth-order valence-electron chi connectivity index (χ4n) is 2.83. The second-order valence-electron chi connectivity index (χ2n) is 6.21. The van der Waals surface area contributed by atoms with E-state index in [-0.39, 0.29) is 49.3 Å². The number of ketones is 1. The minimum absolute atomic E-state index is 0. The fraction of sp³-hybridized carbons (Fsp3) is 0. The van der Waals surface area contributed by atoms with E-state index in [9.17, 15) is 22.4 Å². The van der Waals surface area contributed by atoms with Gasteiger partial charge in [0.2, 0.25) is 0 Å². The monoisotopic (exact) mass is 601 g/mol. The van der Waals surface area contributed by atoms with Crippen LogP contribution in [0, 0.1) is 35.4 Å². The third-order valence-corrected chi connectivity index (χ3v) is 4.22. The number of halogens is 4. The summed E-state index contributed by atoms with van der Waals surface area (Å²) in [5, 5.41) is 0. The van der Waals surface area contributed by atoms with Crippen molar-refractivity contribution in [2.75, 3.05) is 0 Å². The van der Waals surface area contributed by atoms with Gasteiger partial charge in [0, 0.05) is 29.2 Å². The van der Waals surface area contributed by atoms with E-state index in [1.54, 1.807) is 12.1 Å². The van der Waals surface area contributed by atoms with Crippen LogP contribution in [0.15, 0.2) is 60.8 Å². The van der Waals surface area contributed by atoms with E-state index in [1.807, 2.05) is 0 Å². The van der Waals surface area contributed by atoms with Gasteiger partial charge < -0.3 is 4.79 Å². The summed E-state index contributed by atoms with van der Waals surface area (Å²) in [6, 6.07) is 15.8. The molecule has 2 heterocycles. The van der Waals surface area contributed by atoms with Gasteiger partial charge in [-0.3, -0.25) is 27.5 Å². The summed E-state index contributed by atoms with van der Waals surface area (Å²) in [5.74, 6) is -4.63. The Kier molecular flexibility index (Phi) is 6.76. The maximum absolute atomic E-state index is 14.5. The van der Waals surface area contributed by atoms with E-state index >= 15 is 0 Å². The van der Waals surface area contributed by atoms with Crippen LogP contribution in [0.3, 0.4) is 0 Å². The van der Waals surface area contributed by atoms with Crippen LogP contribution < -0.4 is 0 Å². The average molecular weight is 601 g/mol. The van der Waals surface area contributed by atoms with Crippen LogP contribution in [0.25, 0.3) is 22.5 Å². The molecular weight excluding hydrogens is 591 g/mol. The number of nitrogens with zero attached hydrogens (tertiary/aromatic N) is 2. The Labute approximate surface area is 189 Å². The molecule has 31 heavy (non-hydrogen) atoms. The first-order valence-corrected chi connectivity index (χ1v) is 8.65. The quantitative estimate of drug-likeness (QED) is 0.184. The van der Waals surface area contributed by atoms with Crippen molar-refractivity contribution in [3.63, 3.8) is 0 Å². The zero-order chi connectivity index (χ0) is 21.3. The molecule has 0 amide bonds. The first kappa shape index (κ1) is 22.5. The molecule has 0 radical (unpaired) electrons. The van der Waals surface area contributed by atoms with Gasteiger partial charge in [-0.15, -0.1) is 18.2 Å². The smallest absolute Gasteiger partial charge is 0.345 e. The van der Waals surface area contributed by atoms with Crippen molar-refractivity contribution < 1.29 is 43.4 Å². The summed E-state index contributed by atoms with van der Waals surface area (Å²) < 4.78 is 55.7. The van der Waals surface area contributed by atoms with Crippen LogP contribution in [-0.2, 0) is 21.1 Å². The van der Waals surface area contributed by atoms with Gasteiger partial charge in [-0.2, -0.15) is 0 Å². The van der Waals surface area contributed by atoms with Crippen molar-refractivity contribution in [3.05, 3.63) is 107 Å². The van der Waals surface area contributed by atoms with E-state index < -0.39 is 34.6 Å². The third-order valence-electron chi connectivity index (χ3n) is 4.22. The Morgan fingerprint density at radius 3 is 2.23 bits per heavy atom. The van der Waals surface area contributed by atoms with Crippen molar-refractivity contribution in [3.8, 4) is 22.5 Å². The van der Waals surface area contributed by atoms with E-state index in [4.69, 9.17) is 0 Å². The molecule has 0 atom stereocenters. The summed E-state index contributed by atoms with van der Waals surface area (Å²) in [6.07, 6.45) is 1.46. The molecule has 2 aromatic heterocycles. The molecule has 0 saturated heterocycles. The molecule has 2 aromatic carbocycles. The largest absolute Gasteiger partial charge is 2.00 e. The van der Waals surface area contributed by atoms with Gasteiger partial charge in [0.1, 0.15) is 5.78 Å². The molecule has 0 aliphatic rings. The predicted octanol–water partition coefficient (Wildman–Crippen LogP) is 5.20. The van der Waals surface area contributed by atoms with Crippen molar-refractivity contribution in [2.24, 2.45) is 0 Å². The van der Waals surface area contributed by atoms with Gasteiger partial charge in [0.25, 0.3) is 0 Å². The molecule has 4 rings (SSSR count). The number of benzene rings is 2. The number of rotatable bonds is 4. The summed E-state index contributed by atoms with van der Waals surface area (Å²) in [4.78, 5) is 20.7. The molecule has 8 heteroatoms. The maximum Gasteiger partial charge on any atom is 2.00 e. The molecule has 0 aliphatic heterocycles. The van der Waals surface area contributed by atoms with E-state index in [0.29, 0.717) is 12.1 Å². The molecule has 0 spiro atoms. The van der Waals surface area contributed by atoms with Gasteiger partial charge in [0.15, 0.2) is 0 Å². The SMILES string of the molecule is O=C(c1cccc(-c2[c-]c(-c3ccccn3)c(F)cc2F)n1)c1[c-]cc(F)cc1F.[Pt+2]. The first-order chi connectivity index (χ1) is 14.4. The Hall–Kier alpha value is -3.18. The summed E-state index contributed by atoms with van der Waals surface area (Å²) in [6.45, 7) is 0. The minimum atomic E-state index is -1.09. The fourth-order valence-corrected chi connectivity index (χ4v) is 2.83. The van der Waals surface area contributed by atoms with Crippen LogP contribution >= 0.6 is 0 Å². The number of aromatic nitrogens is 2. The van der Waals surface area contributed by atoms with Crippen molar-refractivity contribution in [1.29, 1.82) is 0 Å². The Balaban J connectivity index is 0.00000272. The average Bonchev–Trinajstić information content (AvgIpc) is 2.74. The molecule has 0 N–H and O–H groups in total. The van der Waals surface area contributed by atoms with Crippen molar-refractivity contribution in [1.82, 2.24) is 9.97 Å². The Morgan fingerprint density at radius 1 is 0.839 bits per heavy atom. The molecule has 0 aliphatic carbocycles. The van der Waals surface area contributed by atoms with Crippen molar-refractivity contribution >= 4 is 5.78 Å². The maximum atomic E-state index is 14.5. The van der Waals surface area contributed by atoms with Crippen LogP contribution in [0.1, 0.15) is 16.1 Å². The predicted molar refractivity (Wildman–Crippen MR) is 100 cm³/mol. The first-order valence-electron chi connectivity index (χ1n) is 8.65. The van der Waals surface area contributed by atoms with Crippen molar-refractivity contribution in [2.45, 2.75) is 0 Å². The Bertz CT molecular complexity index is 1270. The van der Waals surface area contributed by atoms with Gasteiger partial charge in [0.05, 0.1) is 17.3 Å². The molecule has 0 saturated carbocycles. The topological polar surface area (TPSA) is 42.9 Å². The number of pyridine rings is 2. The van der Waals surface area contributed by atoms with Gasteiger partial charge in [-0.05, 0) is 12.1 Å². The van der Waals surface area contributed by atoms with Crippen LogP contribution in [-0.4, -0.2) is 15.8 Å². The van der Waals surface area contributed by atoms with E-state index in [2.05, 4.69) is 22.1 Å². The second-order valence-corrected chi connectivity index (χ2v) is 6.21. The normalized spacial score (nSPS) is 10.5. The minimum Gasteiger partial charge on any atom is -0.345 e. The molecule has 0 bridgehead atoms. The second kappa shape index (κ2) is 9.31. The number of hydrogen-bond donors (Lipinski definition) is 0. The van der Waals surface area contributed by atoms with Crippen LogP contribution in [0.4, 0.5) is 17.6 Å². The zero-order valence-electron chi connectivity index (χ0n) is 15.4. The number of carbonyl (C=O) groups excluding carboxylic acids is 1. The van der Waals surface area contributed by atoms with Crippen LogP contribution in [0.2, 0.25) is 0 Å². The summed E-state index contributed by atoms with van der Waals surface area (Å²) >= 11 is 0. The summed E-state index contributed by atoms with van der Waals surface area (Å²) in [7, 11) is 0. The Morgan fingerprint density at radius 2 is 1.55 bits per heavy atom. The molecule has 4 aromatic rings. The third kappa shape index (κ3) is 4.62. The van der Waals surface area contributed by atoms with Crippen LogP contribution in [0.5, 0.6) is 0 Å². The molecule has 0 unspecified atom stereocenters. The van der Waals surface area contributed by atoms with Gasteiger partial charge in [-0.25, -0.2) is 0 Å². The van der Waals surface area contributed by atoms with E-state index in [0.717, 1.165) is 6.07 Å². The molecule has 156 valence electrons. The molecule has 3 nitrogen and oxygen atoms in total. The van der Waals surface area contributed by atoms with Gasteiger partial charge in [-0.1, -0.05) is 53.1 Å². The summed E-state index contributed by atoms with van der Waals surface area (Å²) in [5.41, 5.74) is -0.743. The number of hydrogen-bond acceptors (Lipinski definition) is 3.